The van der Waals surface area contributed by atoms with Crippen molar-refractivity contribution in [3.63, 3.8) is 0 Å². The van der Waals surface area contributed by atoms with E-state index in [9.17, 15) is 5.11 Å². The summed E-state index contributed by atoms with van der Waals surface area (Å²) in [6.07, 6.45) is 7.80. The van der Waals surface area contributed by atoms with Gasteiger partial charge < -0.3 is 19.3 Å². The topological polar surface area (TPSA) is 50.5 Å². The average molecular weight is 404 g/mol. The van der Waals surface area contributed by atoms with Gasteiger partial charge in [-0.05, 0) is 36.6 Å². The monoisotopic (exact) mass is 403 g/mol. The van der Waals surface area contributed by atoms with Crippen molar-refractivity contribution < 1.29 is 9.84 Å². The maximum absolute atomic E-state index is 9.74. The summed E-state index contributed by atoms with van der Waals surface area (Å²) < 4.78 is 7.48. The van der Waals surface area contributed by atoms with Crippen LogP contribution in [0, 0.1) is 0 Å². The normalized spacial score (nSPS) is 15.7. The molecule has 1 saturated heterocycles. The minimum Gasteiger partial charge on any atom is -0.497 e. The van der Waals surface area contributed by atoms with Crippen LogP contribution in [0.2, 0.25) is 0 Å². The largest absolute Gasteiger partial charge is 0.497 e. The lowest BCUT2D eigenvalue weighted by Crippen LogP contribution is -2.37. The number of hydrogen-bond acceptors (Lipinski definition) is 4. The molecule has 5 heteroatoms. The highest BCUT2D eigenvalue weighted by Crippen LogP contribution is 2.24. The van der Waals surface area contributed by atoms with Gasteiger partial charge in [0.15, 0.2) is 0 Å². The van der Waals surface area contributed by atoms with Crippen molar-refractivity contribution in [1.29, 1.82) is 0 Å². The van der Waals surface area contributed by atoms with E-state index >= 15 is 0 Å². The molecule has 0 saturated carbocycles. The van der Waals surface area contributed by atoms with Gasteiger partial charge in [-0.1, -0.05) is 48.5 Å². The van der Waals surface area contributed by atoms with Crippen LogP contribution in [0.3, 0.4) is 0 Å². The zero-order valence-electron chi connectivity index (χ0n) is 17.4. The third-order valence-electron chi connectivity index (χ3n) is 5.69. The Morgan fingerprint density at radius 3 is 2.43 bits per heavy atom. The highest BCUT2D eigenvalue weighted by molar-refractivity contribution is 5.77. The molecule has 1 aliphatic rings. The van der Waals surface area contributed by atoms with Crippen LogP contribution in [0.15, 0.2) is 60.9 Å². The fraction of sp³-hybridized carbons (Fsp3) is 0.320. The molecule has 2 heterocycles. The zero-order chi connectivity index (χ0) is 20.8. The summed E-state index contributed by atoms with van der Waals surface area (Å²) in [5.74, 6) is 0.855. The smallest absolute Gasteiger partial charge is 0.118 e. The van der Waals surface area contributed by atoms with Gasteiger partial charge in [0, 0.05) is 31.7 Å². The molecular formula is C25H29N3O2. The maximum Gasteiger partial charge on any atom is 0.118 e. The number of methoxy groups -OCH3 is 1. The molecule has 3 aromatic rings. The van der Waals surface area contributed by atoms with Crippen molar-refractivity contribution in [3.8, 4) is 17.0 Å². The Labute approximate surface area is 178 Å². The summed E-state index contributed by atoms with van der Waals surface area (Å²) in [5, 5.41) is 9.74. The summed E-state index contributed by atoms with van der Waals surface area (Å²) in [7, 11) is 1.68. The number of hydrogen-bond donors (Lipinski definition) is 1. The summed E-state index contributed by atoms with van der Waals surface area (Å²) in [6.45, 7) is 3.75. The summed E-state index contributed by atoms with van der Waals surface area (Å²) in [6, 6.07) is 18.4. The minimum atomic E-state index is -0.137. The quantitative estimate of drug-likeness (QED) is 0.643. The number of rotatable bonds is 7. The predicted octanol–water partition coefficient (Wildman–Crippen LogP) is 4.19. The number of nitrogens with zero attached hydrogens (tertiary/aromatic N) is 3. The van der Waals surface area contributed by atoms with E-state index in [2.05, 4.69) is 45.9 Å². The molecule has 0 unspecified atom stereocenters. The van der Waals surface area contributed by atoms with Gasteiger partial charge in [0.25, 0.3) is 0 Å². The van der Waals surface area contributed by atoms with Crippen LogP contribution in [-0.4, -0.2) is 52.4 Å². The van der Waals surface area contributed by atoms with Gasteiger partial charge in [-0.15, -0.1) is 0 Å². The van der Waals surface area contributed by atoms with Crippen LogP contribution >= 0.6 is 0 Å². The van der Waals surface area contributed by atoms with Gasteiger partial charge in [0.05, 0.1) is 30.9 Å². The molecule has 1 aromatic heterocycles. The molecule has 4 rings (SSSR count). The van der Waals surface area contributed by atoms with Gasteiger partial charge in [0.2, 0.25) is 0 Å². The van der Waals surface area contributed by atoms with Gasteiger partial charge in [-0.3, -0.25) is 0 Å². The lowest BCUT2D eigenvalue weighted by molar-refractivity contribution is 0.0809. The van der Waals surface area contributed by atoms with Gasteiger partial charge in [-0.25, -0.2) is 4.98 Å². The first-order valence-electron chi connectivity index (χ1n) is 10.6. The van der Waals surface area contributed by atoms with E-state index in [0.29, 0.717) is 0 Å². The predicted molar refractivity (Wildman–Crippen MR) is 121 cm³/mol. The van der Waals surface area contributed by atoms with Gasteiger partial charge in [-0.2, -0.15) is 0 Å². The van der Waals surface area contributed by atoms with Gasteiger partial charge >= 0.3 is 0 Å². The number of piperidine rings is 1. The lowest BCUT2D eigenvalue weighted by Gasteiger charge is -2.29. The molecule has 0 aliphatic carbocycles. The zero-order valence-corrected chi connectivity index (χ0v) is 17.4. The molecule has 156 valence electrons. The second-order valence-electron chi connectivity index (χ2n) is 7.72. The minimum absolute atomic E-state index is 0.137. The molecule has 1 aliphatic heterocycles. The Hall–Kier alpha value is -2.89. The number of likely N-dealkylation sites (tertiary alicyclic amines) is 1. The van der Waals surface area contributed by atoms with E-state index in [1.165, 1.54) is 0 Å². The number of aromatic nitrogens is 2. The van der Waals surface area contributed by atoms with Crippen molar-refractivity contribution in [1.82, 2.24) is 14.5 Å². The van der Waals surface area contributed by atoms with E-state index < -0.39 is 0 Å². The van der Waals surface area contributed by atoms with Crippen molar-refractivity contribution in [2.45, 2.75) is 25.5 Å². The average Bonchev–Trinajstić information content (AvgIpc) is 3.21. The fourth-order valence-corrected chi connectivity index (χ4v) is 3.85. The molecule has 2 aromatic carbocycles. The second kappa shape index (κ2) is 9.74. The number of aliphatic hydroxyl groups is 1. The maximum atomic E-state index is 9.74. The molecule has 0 spiro atoms. The second-order valence-corrected chi connectivity index (χ2v) is 7.72. The Bertz CT molecular complexity index is 956. The van der Waals surface area contributed by atoms with E-state index in [-0.39, 0.29) is 6.10 Å². The van der Waals surface area contributed by atoms with Crippen molar-refractivity contribution in [2.75, 3.05) is 26.7 Å². The number of imidazole rings is 1. The molecule has 1 N–H and O–H groups in total. The molecule has 30 heavy (non-hydrogen) atoms. The first-order valence-corrected chi connectivity index (χ1v) is 10.6. The van der Waals surface area contributed by atoms with Crippen LogP contribution in [0.1, 0.15) is 24.1 Å². The van der Waals surface area contributed by atoms with E-state index in [4.69, 9.17) is 9.72 Å². The van der Waals surface area contributed by atoms with E-state index in [1.54, 1.807) is 7.11 Å². The van der Waals surface area contributed by atoms with Crippen LogP contribution in [-0.2, 0) is 6.54 Å². The highest BCUT2D eigenvalue weighted by atomic mass is 16.5. The first-order chi connectivity index (χ1) is 14.7. The molecule has 5 nitrogen and oxygen atoms in total. The number of benzene rings is 2. The third kappa shape index (κ3) is 4.99. The molecule has 0 radical (unpaired) electrons. The van der Waals surface area contributed by atoms with Gasteiger partial charge in [0.1, 0.15) is 5.75 Å². The Balaban J connectivity index is 1.56. The molecule has 1 fully saturated rings. The Morgan fingerprint density at radius 1 is 1.00 bits per heavy atom. The van der Waals surface area contributed by atoms with Crippen molar-refractivity contribution in [2.24, 2.45) is 0 Å². The standard InChI is InChI=1S/C25H29N3O2/c1-30-23-10-7-20(8-11-23)9-12-24-25(21-5-3-2-4-6-21)26-19-28(24)18-17-27-15-13-22(29)14-16-27/h2-12,19,22,29H,13-18H2,1H3/b12-9+. The van der Waals surface area contributed by atoms with Crippen LogP contribution in [0.4, 0.5) is 0 Å². The van der Waals surface area contributed by atoms with Crippen LogP contribution in [0.5, 0.6) is 5.75 Å². The molecule has 0 bridgehead atoms. The van der Waals surface area contributed by atoms with E-state index in [1.807, 2.05) is 36.7 Å². The first kappa shape index (κ1) is 20.4. The van der Waals surface area contributed by atoms with Crippen molar-refractivity contribution in [3.05, 3.63) is 72.2 Å². The highest BCUT2D eigenvalue weighted by Gasteiger charge is 2.17. The lowest BCUT2D eigenvalue weighted by atomic mass is 10.1. The summed E-state index contributed by atoms with van der Waals surface area (Å²) in [4.78, 5) is 7.16. The molecule has 0 atom stereocenters. The fourth-order valence-electron chi connectivity index (χ4n) is 3.85. The van der Waals surface area contributed by atoms with Crippen LogP contribution < -0.4 is 4.74 Å². The summed E-state index contributed by atoms with van der Waals surface area (Å²) >= 11 is 0. The number of ether oxygens (including phenoxy) is 1. The summed E-state index contributed by atoms with van der Waals surface area (Å²) in [5.41, 5.74) is 4.34. The molecule has 0 amide bonds. The Kier molecular flexibility index (Phi) is 6.62. The Morgan fingerprint density at radius 2 is 1.73 bits per heavy atom. The van der Waals surface area contributed by atoms with Crippen molar-refractivity contribution >= 4 is 12.2 Å². The number of aliphatic hydroxyl groups excluding tert-OH is 1. The molecular weight excluding hydrogens is 374 g/mol. The SMILES string of the molecule is COc1ccc(/C=C/c2c(-c3ccccc3)ncn2CCN2CCC(O)CC2)cc1. The van der Waals surface area contributed by atoms with Crippen LogP contribution in [0.25, 0.3) is 23.4 Å². The third-order valence-corrected chi connectivity index (χ3v) is 5.69. The van der Waals surface area contributed by atoms with E-state index in [0.717, 1.165) is 67.3 Å².